The molecular formula is C18H34O10. The molecule has 0 radical (unpaired) electrons. The zero-order valence-corrected chi connectivity index (χ0v) is 16.3. The van der Waals surface area contributed by atoms with E-state index >= 15 is 0 Å². The summed E-state index contributed by atoms with van der Waals surface area (Å²) in [6.07, 6.45) is 4.15. The van der Waals surface area contributed by atoms with E-state index in [1.165, 1.54) is 0 Å². The van der Waals surface area contributed by atoms with Gasteiger partial charge in [0.15, 0.2) is 11.6 Å². The summed E-state index contributed by atoms with van der Waals surface area (Å²) in [6.45, 7) is 1.01. The maximum absolute atomic E-state index is 9.16. The molecule has 28 heavy (non-hydrogen) atoms. The van der Waals surface area contributed by atoms with Crippen LogP contribution in [0.1, 0.15) is 12.8 Å². The molecule has 0 heterocycles. The first kappa shape index (κ1) is 25.4. The molecule has 2 unspecified atom stereocenters. The van der Waals surface area contributed by atoms with Crippen LogP contribution in [0, 0.1) is 0 Å². The Hall–Kier alpha value is -0.660. The first-order chi connectivity index (χ1) is 13.7. The molecular weight excluding hydrogens is 376 g/mol. The molecule has 1 aliphatic carbocycles. The molecule has 1 rings (SSSR count). The third-order valence-corrected chi connectivity index (χ3v) is 3.85. The summed E-state index contributed by atoms with van der Waals surface area (Å²) in [7, 11) is 0. The van der Waals surface area contributed by atoms with Crippen LogP contribution in [0.15, 0.2) is 12.2 Å². The van der Waals surface area contributed by atoms with Gasteiger partial charge >= 0.3 is 0 Å². The average molecular weight is 410 g/mol. The van der Waals surface area contributed by atoms with Crippen LogP contribution >= 0.6 is 0 Å². The van der Waals surface area contributed by atoms with E-state index in [1.54, 1.807) is 12.2 Å². The Balaban J connectivity index is 2.75. The first-order valence-electron chi connectivity index (χ1n) is 9.48. The van der Waals surface area contributed by atoms with Crippen molar-refractivity contribution in [2.45, 2.75) is 24.4 Å². The molecule has 0 aliphatic heterocycles. The Kier molecular flexibility index (Phi) is 13.8. The lowest BCUT2D eigenvalue weighted by Crippen LogP contribution is -2.50. The largest absolute Gasteiger partial charge is 0.394 e. The van der Waals surface area contributed by atoms with Gasteiger partial charge in [-0.1, -0.05) is 6.08 Å². The normalized spacial score (nSPS) is 24.7. The Morgan fingerprint density at radius 2 is 1.11 bits per heavy atom. The van der Waals surface area contributed by atoms with Crippen LogP contribution in [-0.2, 0) is 28.4 Å². The molecule has 0 aromatic heterocycles. The van der Waals surface area contributed by atoms with Gasteiger partial charge in [-0.25, -0.2) is 0 Å². The summed E-state index contributed by atoms with van der Waals surface area (Å²) in [4.78, 5) is 0. The maximum atomic E-state index is 9.16. The third-order valence-electron chi connectivity index (χ3n) is 3.85. The van der Waals surface area contributed by atoms with Crippen LogP contribution in [0.5, 0.6) is 0 Å². The highest BCUT2D eigenvalue weighted by Crippen LogP contribution is 2.37. The molecule has 10 nitrogen and oxygen atoms in total. The minimum Gasteiger partial charge on any atom is -0.394 e. The van der Waals surface area contributed by atoms with Crippen molar-refractivity contribution in [2.75, 3.05) is 79.3 Å². The molecule has 166 valence electrons. The third kappa shape index (κ3) is 9.70. The molecule has 4 N–H and O–H groups in total. The minimum atomic E-state index is -1.19. The molecule has 2 atom stereocenters. The summed E-state index contributed by atoms with van der Waals surface area (Å²) >= 11 is 0. The lowest BCUT2D eigenvalue weighted by Gasteiger charge is -2.43. The van der Waals surface area contributed by atoms with Crippen molar-refractivity contribution < 1.29 is 48.8 Å². The van der Waals surface area contributed by atoms with Crippen LogP contribution < -0.4 is 0 Å². The van der Waals surface area contributed by atoms with Crippen molar-refractivity contribution in [3.63, 3.8) is 0 Å². The van der Waals surface area contributed by atoms with Gasteiger partial charge in [0, 0.05) is 6.42 Å². The molecule has 0 saturated carbocycles. The summed E-state index contributed by atoms with van der Waals surface area (Å²) in [5.41, 5.74) is 0. The summed E-state index contributed by atoms with van der Waals surface area (Å²) in [6, 6.07) is 0. The van der Waals surface area contributed by atoms with Gasteiger partial charge in [-0.3, -0.25) is 0 Å². The smallest absolute Gasteiger partial charge is 0.193 e. The van der Waals surface area contributed by atoms with Gasteiger partial charge < -0.3 is 48.8 Å². The van der Waals surface area contributed by atoms with Crippen LogP contribution in [-0.4, -0.2) is 111 Å². The number of rotatable bonds is 18. The second-order valence-electron chi connectivity index (χ2n) is 6.02. The number of hydrogen-bond acceptors (Lipinski definition) is 10. The number of aliphatic hydroxyl groups is 4. The fraction of sp³-hybridized carbons (Fsp3) is 0.889. The van der Waals surface area contributed by atoms with E-state index in [0.717, 1.165) is 0 Å². The van der Waals surface area contributed by atoms with E-state index in [1.807, 2.05) is 0 Å². The van der Waals surface area contributed by atoms with Crippen LogP contribution in [0.4, 0.5) is 0 Å². The molecule has 10 heteroatoms. The predicted molar refractivity (Wildman–Crippen MR) is 97.6 cm³/mol. The van der Waals surface area contributed by atoms with E-state index in [-0.39, 0.29) is 85.7 Å². The minimum absolute atomic E-state index is 0.0531. The van der Waals surface area contributed by atoms with Crippen molar-refractivity contribution in [3.8, 4) is 0 Å². The van der Waals surface area contributed by atoms with Gasteiger partial charge in [-0.15, -0.1) is 0 Å². The SMILES string of the molecule is OCCOCCOC1(OCCO)C=CCC(OCCO)(OCCOCCO)C1. The van der Waals surface area contributed by atoms with Gasteiger partial charge in [0.1, 0.15) is 0 Å². The zero-order valence-electron chi connectivity index (χ0n) is 16.3. The summed E-state index contributed by atoms with van der Waals surface area (Å²) in [5.74, 6) is -2.29. The molecule has 0 fully saturated rings. The maximum Gasteiger partial charge on any atom is 0.193 e. The van der Waals surface area contributed by atoms with Gasteiger partial charge in [0.25, 0.3) is 0 Å². The van der Waals surface area contributed by atoms with Crippen LogP contribution in [0.3, 0.4) is 0 Å². The highest BCUT2D eigenvalue weighted by molar-refractivity contribution is 5.07. The van der Waals surface area contributed by atoms with E-state index < -0.39 is 11.6 Å². The van der Waals surface area contributed by atoms with Gasteiger partial charge in [0.2, 0.25) is 0 Å². The van der Waals surface area contributed by atoms with Crippen molar-refractivity contribution in [3.05, 3.63) is 12.2 Å². The number of ether oxygens (including phenoxy) is 6. The highest BCUT2D eigenvalue weighted by Gasteiger charge is 2.46. The molecule has 0 aromatic rings. The second kappa shape index (κ2) is 15.2. The summed E-state index contributed by atoms with van der Waals surface area (Å²) < 4.78 is 33.8. The highest BCUT2D eigenvalue weighted by atomic mass is 16.7. The van der Waals surface area contributed by atoms with E-state index in [0.29, 0.717) is 6.42 Å². The molecule has 0 aromatic carbocycles. The van der Waals surface area contributed by atoms with E-state index in [4.69, 9.17) is 48.8 Å². The van der Waals surface area contributed by atoms with E-state index in [2.05, 4.69) is 0 Å². The lowest BCUT2D eigenvalue weighted by atomic mass is 9.94. The quantitative estimate of drug-likeness (QED) is 0.124. The number of hydrogen-bond donors (Lipinski definition) is 4. The van der Waals surface area contributed by atoms with Crippen molar-refractivity contribution in [1.29, 1.82) is 0 Å². The Morgan fingerprint density at radius 3 is 1.71 bits per heavy atom. The molecule has 1 aliphatic rings. The van der Waals surface area contributed by atoms with Crippen LogP contribution in [0.25, 0.3) is 0 Å². The Bertz CT molecular complexity index is 408. The van der Waals surface area contributed by atoms with Crippen LogP contribution in [0.2, 0.25) is 0 Å². The zero-order chi connectivity index (χ0) is 20.6. The fourth-order valence-corrected chi connectivity index (χ4v) is 2.77. The first-order valence-corrected chi connectivity index (χ1v) is 9.48. The standard InChI is InChI=1S/C18H34O10/c19-4-8-23-12-14-27-17(25-10-6-21)2-1-3-18(16-17,26-11-7-22)28-15-13-24-9-5-20/h1-2,19-22H,3-16H2. The second-order valence-corrected chi connectivity index (χ2v) is 6.02. The molecule has 0 saturated heterocycles. The van der Waals surface area contributed by atoms with Crippen molar-refractivity contribution in [2.24, 2.45) is 0 Å². The van der Waals surface area contributed by atoms with Gasteiger partial charge in [0.05, 0.1) is 85.7 Å². The van der Waals surface area contributed by atoms with Crippen molar-refractivity contribution in [1.82, 2.24) is 0 Å². The molecule has 0 amide bonds. The van der Waals surface area contributed by atoms with Gasteiger partial charge in [-0.2, -0.15) is 0 Å². The molecule has 0 bridgehead atoms. The molecule has 0 spiro atoms. The fourth-order valence-electron chi connectivity index (χ4n) is 2.77. The Labute approximate surface area is 165 Å². The summed E-state index contributed by atoms with van der Waals surface area (Å²) in [5, 5.41) is 35.8. The average Bonchev–Trinajstić information content (AvgIpc) is 2.71. The monoisotopic (exact) mass is 410 g/mol. The van der Waals surface area contributed by atoms with Gasteiger partial charge in [-0.05, 0) is 6.08 Å². The topological polar surface area (TPSA) is 136 Å². The lowest BCUT2D eigenvalue weighted by molar-refractivity contribution is -0.311. The van der Waals surface area contributed by atoms with E-state index in [9.17, 15) is 0 Å². The predicted octanol–water partition coefficient (Wildman–Crippen LogP) is -1.20. The number of aliphatic hydroxyl groups excluding tert-OH is 4. The Morgan fingerprint density at radius 1 is 0.607 bits per heavy atom. The van der Waals surface area contributed by atoms with Crippen molar-refractivity contribution >= 4 is 0 Å².